The molecule has 3 rings (SSSR count). The van der Waals surface area contributed by atoms with E-state index in [2.05, 4.69) is 38.0 Å². The Hall–Kier alpha value is -2.67. The minimum absolute atomic E-state index is 0.490. The summed E-state index contributed by atoms with van der Waals surface area (Å²) >= 11 is 0. The zero-order valence-corrected chi connectivity index (χ0v) is 14.2. The summed E-state index contributed by atoms with van der Waals surface area (Å²) in [6.45, 7) is 6.20. The molecule has 0 bridgehead atoms. The molecule has 1 radical (unpaired) electrons. The highest BCUT2D eigenvalue weighted by Gasteiger charge is 2.07. The third-order valence-electron chi connectivity index (χ3n) is 2.99. The third kappa shape index (κ3) is 3.75. The first-order chi connectivity index (χ1) is 11.1. The lowest BCUT2D eigenvalue weighted by atomic mass is 10.2. The summed E-state index contributed by atoms with van der Waals surface area (Å²) in [4.78, 5) is 21.4. The van der Waals surface area contributed by atoms with E-state index in [0.717, 1.165) is 17.0 Å². The van der Waals surface area contributed by atoms with E-state index in [9.17, 15) is 0 Å². The van der Waals surface area contributed by atoms with Crippen molar-refractivity contribution in [3.8, 4) is 5.75 Å². The molecular formula is C16H16N5OSi. The lowest BCUT2D eigenvalue weighted by molar-refractivity contribution is 0.582. The van der Waals surface area contributed by atoms with Gasteiger partial charge in [-0.3, -0.25) is 0 Å². The number of nitrogens with zero attached hydrogens (tertiary/aromatic N) is 5. The second-order valence-electron chi connectivity index (χ2n) is 5.23. The molecule has 3 aromatic rings. The molecule has 6 nitrogen and oxygen atoms in total. The van der Waals surface area contributed by atoms with E-state index in [1.165, 1.54) is 0 Å². The van der Waals surface area contributed by atoms with Crippen molar-refractivity contribution < 1.29 is 4.43 Å². The Morgan fingerprint density at radius 3 is 2.78 bits per heavy atom. The van der Waals surface area contributed by atoms with Crippen molar-refractivity contribution in [2.45, 2.75) is 20.0 Å². The predicted octanol–water partition coefficient (Wildman–Crippen LogP) is 3.11. The van der Waals surface area contributed by atoms with Crippen LogP contribution in [0.5, 0.6) is 5.75 Å². The highest BCUT2D eigenvalue weighted by atomic mass is 28.3. The molecule has 0 atom stereocenters. The molecule has 0 N–H and O–H groups in total. The van der Waals surface area contributed by atoms with E-state index in [0.29, 0.717) is 17.0 Å². The maximum Gasteiger partial charge on any atom is 0.274 e. The summed E-state index contributed by atoms with van der Waals surface area (Å²) in [6.07, 6.45) is 6.48. The fourth-order valence-electron chi connectivity index (χ4n) is 2.01. The fourth-order valence-corrected chi connectivity index (χ4v) is 2.62. The zero-order valence-electron chi connectivity index (χ0n) is 13.2. The summed E-state index contributed by atoms with van der Waals surface area (Å²) in [7, 11) is -0.856. The number of benzene rings is 1. The molecule has 0 aliphatic carbocycles. The molecule has 0 unspecified atom stereocenters. The van der Waals surface area contributed by atoms with Crippen LogP contribution in [-0.2, 0) is 0 Å². The number of aromatic nitrogens is 4. The number of hydrogen-bond acceptors (Lipinski definition) is 6. The highest BCUT2D eigenvalue weighted by Crippen LogP contribution is 2.29. The number of rotatable bonds is 4. The van der Waals surface area contributed by atoms with Crippen molar-refractivity contribution in [2.75, 3.05) is 0 Å². The van der Waals surface area contributed by atoms with Crippen molar-refractivity contribution in [3.05, 3.63) is 48.2 Å². The average molecular weight is 322 g/mol. The van der Waals surface area contributed by atoms with Crippen LogP contribution in [-0.4, -0.2) is 35.2 Å². The molecule has 2 heterocycles. The first kappa shape index (κ1) is 15.2. The van der Waals surface area contributed by atoms with Crippen LogP contribution in [0.1, 0.15) is 11.4 Å². The molecule has 0 spiro atoms. The van der Waals surface area contributed by atoms with Crippen molar-refractivity contribution >= 4 is 32.1 Å². The fraction of sp³-hybridized carbons (Fsp3) is 0.188. The minimum Gasteiger partial charge on any atom is -0.541 e. The number of fused-ring (bicyclic) bond motifs is 1. The molecule has 1 aromatic carbocycles. The van der Waals surface area contributed by atoms with Gasteiger partial charge in [-0.1, -0.05) is 6.07 Å². The Morgan fingerprint density at radius 1 is 1.13 bits per heavy atom. The quantitative estimate of drug-likeness (QED) is 0.545. The van der Waals surface area contributed by atoms with Crippen molar-refractivity contribution in [3.63, 3.8) is 0 Å². The van der Waals surface area contributed by atoms with Gasteiger partial charge in [-0.15, -0.1) is 0 Å². The average Bonchev–Trinajstić information content (AvgIpc) is 2.54. The van der Waals surface area contributed by atoms with E-state index in [-0.39, 0.29) is 0 Å². The van der Waals surface area contributed by atoms with E-state index in [4.69, 9.17) is 4.43 Å². The summed E-state index contributed by atoms with van der Waals surface area (Å²) < 4.78 is 5.88. The van der Waals surface area contributed by atoms with Crippen LogP contribution in [0.3, 0.4) is 0 Å². The molecule has 0 saturated heterocycles. The van der Waals surface area contributed by atoms with Crippen LogP contribution in [0.25, 0.3) is 11.2 Å². The minimum atomic E-state index is -0.856. The van der Waals surface area contributed by atoms with Gasteiger partial charge in [0, 0.05) is 12.4 Å². The van der Waals surface area contributed by atoms with Crippen LogP contribution in [0.4, 0.5) is 5.69 Å². The molecule has 23 heavy (non-hydrogen) atoms. The van der Waals surface area contributed by atoms with E-state index in [1.807, 2.05) is 25.1 Å². The first-order valence-corrected chi connectivity index (χ1v) is 9.59. The van der Waals surface area contributed by atoms with Gasteiger partial charge in [-0.2, -0.15) is 0 Å². The van der Waals surface area contributed by atoms with Gasteiger partial charge in [0.1, 0.15) is 17.0 Å². The van der Waals surface area contributed by atoms with Crippen LogP contribution >= 0.6 is 0 Å². The second kappa shape index (κ2) is 6.61. The van der Waals surface area contributed by atoms with Gasteiger partial charge < -0.3 is 4.43 Å². The standard InChI is InChI=1S/C16H16N5OSi/c1-11-4-5-14(22-23(2)3)12(8-11)19-10-15-20-9-13-16(21-15)18-7-6-17-13/h4-10H,1-3H3. The third-order valence-corrected chi connectivity index (χ3v) is 3.62. The Morgan fingerprint density at radius 2 is 1.96 bits per heavy atom. The van der Waals surface area contributed by atoms with Crippen LogP contribution in [0.2, 0.25) is 13.1 Å². The lowest BCUT2D eigenvalue weighted by Crippen LogP contribution is -2.11. The molecular weight excluding hydrogens is 306 g/mol. The van der Waals surface area contributed by atoms with Gasteiger partial charge in [0.25, 0.3) is 9.04 Å². The smallest absolute Gasteiger partial charge is 0.274 e. The second-order valence-corrected chi connectivity index (χ2v) is 7.25. The van der Waals surface area contributed by atoms with Gasteiger partial charge in [0.2, 0.25) is 0 Å². The maximum absolute atomic E-state index is 5.88. The Kier molecular flexibility index (Phi) is 4.38. The molecule has 0 aliphatic rings. The zero-order chi connectivity index (χ0) is 16.2. The Bertz CT molecular complexity index is 866. The Balaban J connectivity index is 1.93. The van der Waals surface area contributed by atoms with E-state index in [1.54, 1.807) is 24.8 Å². The lowest BCUT2D eigenvalue weighted by Gasteiger charge is -2.11. The van der Waals surface area contributed by atoms with Gasteiger partial charge in [-0.05, 0) is 37.7 Å². The Labute approximate surface area is 136 Å². The number of aliphatic imine (C=N–C) groups is 1. The summed E-state index contributed by atoms with van der Waals surface area (Å²) in [5, 5.41) is 0. The van der Waals surface area contributed by atoms with Gasteiger partial charge in [-0.25, -0.2) is 24.9 Å². The number of aryl methyl sites for hydroxylation is 1. The van der Waals surface area contributed by atoms with Gasteiger partial charge in [0.05, 0.1) is 12.4 Å². The molecule has 7 heteroatoms. The van der Waals surface area contributed by atoms with Gasteiger partial charge >= 0.3 is 0 Å². The largest absolute Gasteiger partial charge is 0.541 e. The molecule has 0 fully saturated rings. The van der Waals surface area contributed by atoms with Crippen LogP contribution in [0, 0.1) is 6.92 Å². The monoisotopic (exact) mass is 322 g/mol. The molecule has 115 valence electrons. The SMILES string of the molecule is Cc1ccc(O[Si](C)C)c(N=Cc2ncc3nccnc3n2)c1. The topological polar surface area (TPSA) is 73.2 Å². The molecule has 0 amide bonds. The van der Waals surface area contributed by atoms with Crippen molar-refractivity contribution in [2.24, 2.45) is 4.99 Å². The van der Waals surface area contributed by atoms with Gasteiger partial charge in [0.15, 0.2) is 11.5 Å². The predicted molar refractivity (Wildman–Crippen MR) is 91.7 cm³/mol. The molecule has 0 saturated carbocycles. The maximum atomic E-state index is 5.88. The summed E-state index contributed by atoms with van der Waals surface area (Å²) in [5.41, 5.74) is 3.11. The highest BCUT2D eigenvalue weighted by molar-refractivity contribution is 6.49. The van der Waals surface area contributed by atoms with Crippen molar-refractivity contribution in [1.29, 1.82) is 0 Å². The number of hydrogen-bond donors (Lipinski definition) is 0. The van der Waals surface area contributed by atoms with Crippen LogP contribution < -0.4 is 4.43 Å². The molecule has 2 aromatic heterocycles. The first-order valence-electron chi connectivity index (χ1n) is 7.18. The van der Waals surface area contributed by atoms with Crippen LogP contribution in [0.15, 0.2) is 41.8 Å². The molecule has 0 aliphatic heterocycles. The van der Waals surface area contributed by atoms with Crippen molar-refractivity contribution in [1.82, 2.24) is 19.9 Å². The van der Waals surface area contributed by atoms with E-state index >= 15 is 0 Å². The normalized spacial score (nSPS) is 11.5. The van der Waals surface area contributed by atoms with E-state index < -0.39 is 9.04 Å². The summed E-state index contributed by atoms with van der Waals surface area (Å²) in [6, 6.07) is 5.95. The summed E-state index contributed by atoms with van der Waals surface area (Å²) in [5.74, 6) is 1.27.